The summed E-state index contributed by atoms with van der Waals surface area (Å²) >= 11 is 0. The average molecular weight is 519 g/mol. The number of esters is 1. The van der Waals surface area contributed by atoms with Gasteiger partial charge in [0.1, 0.15) is 12.7 Å². The molecule has 206 valence electrons. The van der Waals surface area contributed by atoms with Crippen molar-refractivity contribution in [3.05, 3.63) is 35.9 Å². The number of ether oxygens (including phenoxy) is 2. The molecule has 0 saturated carbocycles. The number of hydrogen-bond donors (Lipinski definition) is 2. The number of Topliss-reactive ketones (excluding diaryl/α,β-unsaturated/α-hetero) is 1. The van der Waals surface area contributed by atoms with Gasteiger partial charge in [-0.25, -0.2) is 4.79 Å². The van der Waals surface area contributed by atoms with Gasteiger partial charge in [-0.2, -0.15) is 0 Å². The molecule has 0 aliphatic carbocycles. The van der Waals surface area contributed by atoms with Crippen LogP contribution >= 0.6 is 0 Å². The molecule has 8 nitrogen and oxygen atoms in total. The van der Waals surface area contributed by atoms with Gasteiger partial charge in [0.05, 0.1) is 8.78 Å². The van der Waals surface area contributed by atoms with E-state index in [-0.39, 0.29) is 41.5 Å². The van der Waals surface area contributed by atoms with E-state index in [4.69, 9.17) is 12.2 Å². The molecule has 2 N–H and O–H groups in total. The van der Waals surface area contributed by atoms with Gasteiger partial charge < -0.3 is 20.1 Å². The van der Waals surface area contributed by atoms with Crippen LogP contribution in [-0.2, 0) is 30.4 Å². The third-order valence-electron chi connectivity index (χ3n) is 6.60. The molecule has 2 amide bonds. The number of hydrogen-bond acceptors (Lipinski definition) is 6. The van der Waals surface area contributed by atoms with Gasteiger partial charge in [-0.15, -0.1) is 0 Å². The van der Waals surface area contributed by atoms with Crippen LogP contribution in [0, 0.1) is 17.8 Å². The molecule has 1 aromatic carbocycles. The fraction of sp³-hybridized carbons (Fsp3) is 0.655. The molecule has 1 aliphatic rings. The highest BCUT2D eigenvalue weighted by Crippen LogP contribution is 2.28. The van der Waals surface area contributed by atoms with Crippen molar-refractivity contribution < 1.29 is 31.4 Å². The zero-order valence-corrected chi connectivity index (χ0v) is 22.6. The summed E-state index contributed by atoms with van der Waals surface area (Å²) in [6.45, 7) is 5.82. The lowest BCUT2D eigenvalue weighted by molar-refractivity contribution is -0.152. The predicted octanol–water partition coefficient (Wildman–Crippen LogP) is 4.94. The molecule has 0 aromatic heterocycles. The van der Waals surface area contributed by atoms with Crippen LogP contribution in [-0.4, -0.2) is 42.4 Å². The van der Waals surface area contributed by atoms with Gasteiger partial charge in [0, 0.05) is 31.2 Å². The quantitative estimate of drug-likeness (QED) is 0.237. The largest absolute Gasteiger partial charge is 0.462 e. The maximum Gasteiger partial charge on any atom is 0.408 e. The maximum atomic E-state index is 13.5. The molecular weight excluding hydrogens is 472 g/mol. The zero-order chi connectivity index (χ0) is 29.0. The first-order valence-corrected chi connectivity index (χ1v) is 13.5. The van der Waals surface area contributed by atoms with E-state index < -0.39 is 30.7 Å². The van der Waals surface area contributed by atoms with Gasteiger partial charge in [-0.05, 0) is 44.1 Å². The van der Waals surface area contributed by atoms with Crippen molar-refractivity contribution in [2.75, 3.05) is 6.54 Å². The molecular formula is C29H44N2O6. The van der Waals surface area contributed by atoms with Crippen LogP contribution in [0.5, 0.6) is 0 Å². The van der Waals surface area contributed by atoms with Gasteiger partial charge in [0.15, 0.2) is 5.78 Å². The van der Waals surface area contributed by atoms with E-state index in [9.17, 15) is 19.2 Å². The van der Waals surface area contributed by atoms with Gasteiger partial charge in [-0.1, -0.05) is 63.9 Å². The molecule has 4 atom stereocenters. The fourth-order valence-electron chi connectivity index (χ4n) is 4.48. The fourth-order valence-corrected chi connectivity index (χ4v) is 4.48. The summed E-state index contributed by atoms with van der Waals surface area (Å²) in [5.74, 6) is -1.31. The number of benzene rings is 1. The van der Waals surface area contributed by atoms with Gasteiger partial charge in [0.25, 0.3) is 0 Å². The van der Waals surface area contributed by atoms with Crippen LogP contribution in [0.15, 0.2) is 30.3 Å². The van der Waals surface area contributed by atoms with E-state index in [1.807, 2.05) is 13.8 Å². The van der Waals surface area contributed by atoms with Crippen LogP contribution in [0.3, 0.4) is 0 Å². The normalized spacial score (nSPS) is 18.7. The third-order valence-corrected chi connectivity index (χ3v) is 6.60. The van der Waals surface area contributed by atoms with Crippen LogP contribution < -0.4 is 10.6 Å². The Hall–Kier alpha value is -2.90. The summed E-state index contributed by atoms with van der Waals surface area (Å²) in [6, 6.07) is 7.12. The smallest absolute Gasteiger partial charge is 0.408 e. The van der Waals surface area contributed by atoms with Crippen LogP contribution in [0.25, 0.3) is 0 Å². The molecule has 0 bridgehead atoms. The average Bonchev–Trinajstić information content (AvgIpc) is 3.27. The topological polar surface area (TPSA) is 111 Å². The highest BCUT2D eigenvalue weighted by Gasteiger charge is 2.34. The number of alkyl carbamates (subject to hydrolysis) is 1. The van der Waals surface area contributed by atoms with Crippen molar-refractivity contribution in [2.24, 2.45) is 17.8 Å². The highest BCUT2D eigenvalue weighted by molar-refractivity contribution is 5.88. The van der Waals surface area contributed by atoms with Gasteiger partial charge in [-0.3, -0.25) is 14.4 Å². The molecule has 1 fully saturated rings. The van der Waals surface area contributed by atoms with E-state index in [0.717, 1.165) is 19.3 Å². The van der Waals surface area contributed by atoms with Crippen molar-refractivity contribution >= 4 is 23.8 Å². The minimum absolute atomic E-state index is 0.00354. The van der Waals surface area contributed by atoms with Crippen LogP contribution in [0.4, 0.5) is 4.79 Å². The number of unbranched alkanes of at least 4 members (excludes halogenated alkanes) is 2. The predicted molar refractivity (Wildman–Crippen MR) is 142 cm³/mol. The molecule has 1 aliphatic heterocycles. The minimum Gasteiger partial charge on any atom is -0.462 e. The first-order valence-electron chi connectivity index (χ1n) is 14.5. The van der Waals surface area contributed by atoms with Crippen molar-refractivity contribution in [3.63, 3.8) is 0 Å². The summed E-state index contributed by atoms with van der Waals surface area (Å²) < 4.78 is 27.0. The molecule has 1 saturated heterocycles. The number of nitrogens with one attached hydrogen (secondary N) is 2. The van der Waals surface area contributed by atoms with Crippen molar-refractivity contribution in [3.8, 4) is 0 Å². The summed E-state index contributed by atoms with van der Waals surface area (Å²) in [4.78, 5) is 50.9. The van der Waals surface area contributed by atoms with Crippen molar-refractivity contribution in [2.45, 2.75) is 97.8 Å². The Bertz CT molecular complexity index is 956. The molecule has 0 radical (unpaired) electrons. The summed E-state index contributed by atoms with van der Waals surface area (Å²) in [6.07, 6.45) is 2.67. The molecule has 1 aromatic rings. The Morgan fingerprint density at radius 3 is 2.51 bits per heavy atom. The monoisotopic (exact) mass is 518 g/mol. The van der Waals surface area contributed by atoms with E-state index in [1.165, 1.54) is 12.1 Å². The lowest BCUT2D eigenvalue weighted by atomic mass is 9.84. The number of rotatable bonds is 16. The Kier molecular flexibility index (Phi) is 11.8. The van der Waals surface area contributed by atoms with E-state index in [2.05, 4.69) is 17.6 Å². The third kappa shape index (κ3) is 11.4. The van der Waals surface area contributed by atoms with Crippen molar-refractivity contribution in [1.29, 1.82) is 0 Å². The number of carbonyl (C=O) groups is 4. The van der Waals surface area contributed by atoms with E-state index >= 15 is 0 Å². The molecule has 37 heavy (non-hydrogen) atoms. The summed E-state index contributed by atoms with van der Waals surface area (Å²) in [7, 11) is 0. The number of carbonyl (C=O) groups excluding carboxylic acids is 4. The van der Waals surface area contributed by atoms with Crippen molar-refractivity contribution in [1.82, 2.24) is 10.6 Å². The number of amides is 2. The molecule has 8 heteroatoms. The van der Waals surface area contributed by atoms with Crippen LogP contribution in [0.1, 0.15) is 87.4 Å². The molecule has 1 unspecified atom stereocenters. The Labute approximate surface area is 224 Å². The lowest BCUT2D eigenvalue weighted by Crippen LogP contribution is -2.43. The van der Waals surface area contributed by atoms with Gasteiger partial charge in [0.2, 0.25) is 5.91 Å². The Balaban J connectivity index is 2.12. The van der Waals surface area contributed by atoms with E-state index in [1.54, 1.807) is 25.1 Å². The first-order chi connectivity index (χ1) is 18.4. The maximum absolute atomic E-state index is 13.5. The molecule has 1 heterocycles. The standard InChI is InChI=1S/C29H44N2O6/c1-5-6-8-13-27(33)37-21(4)24(17-23-14-15-30-28(23)34)18-26(32)25(16-20(2)3)31-29(35)36-19-22-11-9-7-10-12-22/h7,9-12,20-21,23-25H,5-6,8,13-19H2,1-4H3,(H,30,34)(H,31,35)/t21?,23-,24+,25-/m0/s1/i19D2. The summed E-state index contributed by atoms with van der Waals surface area (Å²) in [5.41, 5.74) is 0.177. The van der Waals surface area contributed by atoms with Gasteiger partial charge >= 0.3 is 12.1 Å². The SMILES string of the molecule is [2H]C([2H])(OC(=O)N[C@@H](CC(C)C)C(=O)C[C@@H](C[C@@H]1CCNC1=O)C(C)OC(=O)CCCCC)c1ccccc1. The first kappa shape index (κ1) is 27.1. The highest BCUT2D eigenvalue weighted by atomic mass is 16.5. The second kappa shape index (κ2) is 16.0. The van der Waals surface area contributed by atoms with Crippen LogP contribution in [0.2, 0.25) is 0 Å². The molecule has 2 rings (SSSR count). The second-order valence-electron chi connectivity index (χ2n) is 10.3. The number of ketones is 1. The zero-order valence-electron chi connectivity index (χ0n) is 24.6. The second-order valence-corrected chi connectivity index (χ2v) is 10.3. The Morgan fingerprint density at radius 1 is 1.16 bits per heavy atom. The molecule has 0 spiro atoms. The lowest BCUT2D eigenvalue weighted by Gasteiger charge is -2.27. The minimum atomic E-state index is -2.38. The Morgan fingerprint density at radius 2 is 1.89 bits per heavy atom. The van der Waals surface area contributed by atoms with E-state index in [0.29, 0.717) is 32.2 Å². The summed E-state index contributed by atoms with van der Waals surface area (Å²) in [5, 5.41) is 5.37.